The van der Waals surface area contributed by atoms with E-state index in [0.717, 1.165) is 11.6 Å². The summed E-state index contributed by atoms with van der Waals surface area (Å²) >= 11 is 0. The SMILES string of the molecule is Cc1cccc(C(=O)Nc2cc(C(=O)N(Cc3noc(C)n3)C(C)C)c(F)cc2F)c1. The molecule has 0 radical (unpaired) electrons. The maximum atomic E-state index is 14.5. The summed E-state index contributed by atoms with van der Waals surface area (Å²) in [5, 5.41) is 6.16. The van der Waals surface area contributed by atoms with Crippen molar-refractivity contribution in [2.24, 2.45) is 0 Å². The molecule has 3 rings (SSSR count). The lowest BCUT2D eigenvalue weighted by atomic mass is 10.1. The van der Waals surface area contributed by atoms with Crippen molar-refractivity contribution in [1.29, 1.82) is 0 Å². The van der Waals surface area contributed by atoms with Crippen LogP contribution in [0.25, 0.3) is 0 Å². The first kappa shape index (κ1) is 22.1. The third-order valence-corrected chi connectivity index (χ3v) is 4.58. The van der Waals surface area contributed by atoms with E-state index in [-0.39, 0.29) is 29.7 Å². The predicted octanol–water partition coefficient (Wildman–Crippen LogP) is 4.27. The van der Waals surface area contributed by atoms with Crippen molar-refractivity contribution in [3.8, 4) is 0 Å². The van der Waals surface area contributed by atoms with E-state index in [1.54, 1.807) is 39.0 Å². The summed E-state index contributed by atoms with van der Waals surface area (Å²) in [6, 6.07) is 7.96. The molecule has 162 valence electrons. The smallest absolute Gasteiger partial charge is 0.257 e. The summed E-state index contributed by atoms with van der Waals surface area (Å²) in [6.45, 7) is 6.90. The lowest BCUT2D eigenvalue weighted by molar-refractivity contribution is 0.0678. The summed E-state index contributed by atoms with van der Waals surface area (Å²) in [5.41, 5.74) is 0.491. The number of halogens is 2. The van der Waals surface area contributed by atoms with E-state index >= 15 is 0 Å². The molecule has 2 amide bonds. The van der Waals surface area contributed by atoms with Crippen LogP contribution in [0, 0.1) is 25.5 Å². The zero-order valence-corrected chi connectivity index (χ0v) is 17.6. The van der Waals surface area contributed by atoms with Crippen molar-refractivity contribution in [2.45, 2.75) is 40.3 Å². The van der Waals surface area contributed by atoms with Gasteiger partial charge in [0, 0.05) is 24.6 Å². The second-order valence-electron chi connectivity index (χ2n) is 7.39. The normalized spacial score (nSPS) is 10.9. The first-order chi connectivity index (χ1) is 14.7. The van der Waals surface area contributed by atoms with Gasteiger partial charge in [0.05, 0.1) is 17.8 Å². The second kappa shape index (κ2) is 9.03. The molecule has 31 heavy (non-hydrogen) atoms. The highest BCUT2D eigenvalue weighted by Gasteiger charge is 2.25. The summed E-state index contributed by atoms with van der Waals surface area (Å²) in [5.74, 6) is -2.70. The monoisotopic (exact) mass is 428 g/mol. The summed E-state index contributed by atoms with van der Waals surface area (Å²) in [4.78, 5) is 30.9. The van der Waals surface area contributed by atoms with Crippen molar-refractivity contribution < 1.29 is 22.9 Å². The van der Waals surface area contributed by atoms with Gasteiger partial charge in [0.1, 0.15) is 11.6 Å². The Kier molecular flexibility index (Phi) is 6.43. The van der Waals surface area contributed by atoms with E-state index in [1.165, 1.54) is 4.90 Å². The van der Waals surface area contributed by atoms with Crippen LogP contribution in [0.2, 0.25) is 0 Å². The number of carbonyl (C=O) groups excluding carboxylic acids is 2. The number of aromatic nitrogens is 2. The number of hydrogen-bond acceptors (Lipinski definition) is 5. The van der Waals surface area contributed by atoms with Crippen molar-refractivity contribution in [2.75, 3.05) is 5.32 Å². The summed E-state index contributed by atoms with van der Waals surface area (Å²) in [7, 11) is 0. The van der Waals surface area contributed by atoms with Crippen LogP contribution in [-0.4, -0.2) is 32.9 Å². The summed E-state index contributed by atoms with van der Waals surface area (Å²) < 4.78 is 33.8. The van der Waals surface area contributed by atoms with Gasteiger partial charge in [-0.05, 0) is 39.0 Å². The number of carbonyl (C=O) groups is 2. The molecule has 0 unspecified atom stereocenters. The molecule has 1 heterocycles. The Bertz CT molecular complexity index is 1130. The van der Waals surface area contributed by atoms with Gasteiger partial charge in [-0.15, -0.1) is 0 Å². The molecule has 2 aromatic carbocycles. The van der Waals surface area contributed by atoms with Crippen LogP contribution in [-0.2, 0) is 6.54 Å². The van der Waals surface area contributed by atoms with Gasteiger partial charge >= 0.3 is 0 Å². The minimum absolute atomic E-state index is 0.0182. The Morgan fingerprint density at radius 1 is 1.13 bits per heavy atom. The lowest BCUT2D eigenvalue weighted by Crippen LogP contribution is -2.37. The second-order valence-corrected chi connectivity index (χ2v) is 7.39. The standard InChI is InChI=1S/C22H22F2N4O3/c1-12(2)28(11-20-25-14(4)31-27-20)22(30)16-9-19(18(24)10-17(16)23)26-21(29)15-7-5-6-13(3)8-15/h5-10,12H,11H2,1-4H3,(H,26,29). The molecule has 0 saturated heterocycles. The number of nitrogens with one attached hydrogen (secondary N) is 1. The van der Waals surface area contributed by atoms with E-state index in [4.69, 9.17) is 4.52 Å². The average molecular weight is 428 g/mol. The zero-order chi connectivity index (χ0) is 22.7. The fraction of sp³-hybridized carbons (Fsp3) is 0.273. The highest BCUT2D eigenvalue weighted by molar-refractivity contribution is 6.05. The number of anilines is 1. The molecule has 1 N–H and O–H groups in total. The molecular weight excluding hydrogens is 406 g/mol. The number of amides is 2. The van der Waals surface area contributed by atoms with Gasteiger partial charge in [-0.3, -0.25) is 9.59 Å². The van der Waals surface area contributed by atoms with E-state index in [2.05, 4.69) is 15.5 Å². The number of rotatable bonds is 6. The van der Waals surface area contributed by atoms with Gasteiger partial charge in [0.15, 0.2) is 5.82 Å². The van der Waals surface area contributed by atoms with Gasteiger partial charge in [0.25, 0.3) is 11.8 Å². The number of aryl methyl sites for hydroxylation is 2. The van der Waals surface area contributed by atoms with Crippen molar-refractivity contribution >= 4 is 17.5 Å². The number of benzene rings is 2. The van der Waals surface area contributed by atoms with Crippen molar-refractivity contribution in [3.05, 3.63) is 76.4 Å². The number of hydrogen-bond donors (Lipinski definition) is 1. The maximum Gasteiger partial charge on any atom is 0.257 e. The summed E-state index contributed by atoms with van der Waals surface area (Å²) in [6.07, 6.45) is 0. The molecule has 0 atom stereocenters. The van der Waals surface area contributed by atoms with Crippen LogP contribution in [0.3, 0.4) is 0 Å². The molecule has 0 bridgehead atoms. The Morgan fingerprint density at radius 2 is 1.87 bits per heavy atom. The Balaban J connectivity index is 1.89. The largest absolute Gasteiger partial charge is 0.340 e. The van der Waals surface area contributed by atoms with E-state index < -0.39 is 23.4 Å². The molecular formula is C22H22F2N4O3. The van der Waals surface area contributed by atoms with Crippen molar-refractivity contribution in [3.63, 3.8) is 0 Å². The average Bonchev–Trinajstić information content (AvgIpc) is 3.12. The lowest BCUT2D eigenvalue weighted by Gasteiger charge is -2.26. The van der Waals surface area contributed by atoms with Crippen LogP contribution >= 0.6 is 0 Å². The zero-order valence-electron chi connectivity index (χ0n) is 17.6. The predicted molar refractivity (Wildman–Crippen MR) is 110 cm³/mol. The fourth-order valence-corrected chi connectivity index (χ4v) is 2.99. The molecule has 0 saturated carbocycles. The maximum absolute atomic E-state index is 14.5. The first-order valence-electron chi connectivity index (χ1n) is 9.63. The molecule has 1 aromatic heterocycles. The van der Waals surface area contributed by atoms with Gasteiger partial charge in [-0.25, -0.2) is 8.78 Å². The van der Waals surface area contributed by atoms with Crippen LogP contribution in [0.15, 0.2) is 40.9 Å². The van der Waals surface area contributed by atoms with Crippen LogP contribution < -0.4 is 5.32 Å². The van der Waals surface area contributed by atoms with Crippen LogP contribution in [0.5, 0.6) is 0 Å². The van der Waals surface area contributed by atoms with Gasteiger partial charge < -0.3 is 14.7 Å². The minimum Gasteiger partial charge on any atom is -0.340 e. The van der Waals surface area contributed by atoms with E-state index in [1.807, 2.05) is 13.0 Å². The third-order valence-electron chi connectivity index (χ3n) is 4.58. The molecule has 0 aliphatic rings. The quantitative estimate of drug-likeness (QED) is 0.634. The van der Waals surface area contributed by atoms with Gasteiger partial charge in [0.2, 0.25) is 5.89 Å². The Labute approximate surface area is 178 Å². The van der Waals surface area contributed by atoms with Gasteiger partial charge in [-0.2, -0.15) is 4.98 Å². The molecule has 3 aromatic rings. The number of nitrogens with zero attached hydrogens (tertiary/aromatic N) is 3. The molecule has 0 aliphatic carbocycles. The third kappa shape index (κ3) is 5.11. The highest BCUT2D eigenvalue weighted by Crippen LogP contribution is 2.23. The molecule has 7 nitrogen and oxygen atoms in total. The molecule has 9 heteroatoms. The molecule has 0 aliphatic heterocycles. The van der Waals surface area contributed by atoms with Crippen molar-refractivity contribution in [1.82, 2.24) is 15.0 Å². The highest BCUT2D eigenvalue weighted by atomic mass is 19.1. The molecule has 0 spiro atoms. The topological polar surface area (TPSA) is 88.3 Å². The van der Waals surface area contributed by atoms with E-state index in [9.17, 15) is 18.4 Å². The fourth-order valence-electron chi connectivity index (χ4n) is 2.99. The van der Waals surface area contributed by atoms with Gasteiger partial charge in [-0.1, -0.05) is 22.9 Å². The van der Waals surface area contributed by atoms with Crippen LogP contribution in [0.1, 0.15) is 51.8 Å². The van der Waals surface area contributed by atoms with E-state index in [0.29, 0.717) is 17.5 Å². The first-order valence-corrected chi connectivity index (χ1v) is 9.63. The van der Waals surface area contributed by atoms with Crippen LogP contribution in [0.4, 0.5) is 14.5 Å². The Morgan fingerprint density at radius 3 is 2.48 bits per heavy atom. The molecule has 0 fully saturated rings. The minimum atomic E-state index is -1.04. The Hall–Kier alpha value is -3.62.